The van der Waals surface area contributed by atoms with Crippen LogP contribution in [-0.4, -0.2) is 28.8 Å². The number of pyridine rings is 1. The predicted octanol–water partition coefficient (Wildman–Crippen LogP) is 3.80. The normalized spacial score (nSPS) is 11.0. The molecule has 0 bridgehead atoms. The molecule has 138 valence electrons. The molecule has 0 aliphatic carbocycles. The van der Waals surface area contributed by atoms with E-state index in [-0.39, 0.29) is 5.91 Å². The maximum absolute atomic E-state index is 12.3. The smallest absolute Gasteiger partial charge is 0.271 e. The first-order chi connectivity index (χ1) is 13.7. The first-order valence-corrected chi connectivity index (χ1v) is 8.75. The van der Waals surface area contributed by atoms with Crippen molar-refractivity contribution < 1.29 is 9.53 Å². The van der Waals surface area contributed by atoms with Gasteiger partial charge in [-0.2, -0.15) is 5.10 Å². The van der Waals surface area contributed by atoms with Crippen LogP contribution in [0.2, 0.25) is 0 Å². The maximum Gasteiger partial charge on any atom is 0.271 e. The third-order valence-electron chi connectivity index (χ3n) is 4.31. The molecule has 28 heavy (non-hydrogen) atoms. The molecule has 0 aliphatic heterocycles. The number of aromatic nitrogens is 2. The zero-order chi connectivity index (χ0) is 19.3. The minimum absolute atomic E-state index is 0.289. The number of hydrogen-bond donors (Lipinski definition) is 1. The van der Waals surface area contributed by atoms with Crippen LogP contribution in [0.25, 0.3) is 16.6 Å². The van der Waals surface area contributed by atoms with Gasteiger partial charge in [0, 0.05) is 29.0 Å². The number of carbonyl (C=O) groups excluding carboxylic acids is 1. The largest absolute Gasteiger partial charge is 0.481 e. The lowest BCUT2D eigenvalue weighted by Gasteiger charge is -2.06. The average Bonchev–Trinajstić information content (AvgIpc) is 3.28. The van der Waals surface area contributed by atoms with Gasteiger partial charge in [-0.15, -0.1) is 0 Å². The third kappa shape index (κ3) is 3.61. The van der Waals surface area contributed by atoms with E-state index in [9.17, 15) is 4.79 Å². The van der Waals surface area contributed by atoms with Crippen molar-refractivity contribution in [3.05, 3.63) is 90.3 Å². The summed E-state index contributed by atoms with van der Waals surface area (Å²) in [5.74, 6) is 0.163. The Morgan fingerprint density at radius 3 is 2.57 bits per heavy atom. The molecule has 1 N–H and O–H groups in total. The van der Waals surface area contributed by atoms with Crippen molar-refractivity contribution in [3.8, 4) is 11.6 Å². The molecule has 0 atom stereocenters. The first kappa shape index (κ1) is 17.5. The Labute approximate surface area is 162 Å². The number of hydrazone groups is 1. The number of nitrogens with one attached hydrogen (secondary N) is 1. The minimum atomic E-state index is -0.289. The topological polar surface area (TPSA) is 68.5 Å². The molecule has 0 saturated heterocycles. The number of rotatable bonds is 5. The van der Waals surface area contributed by atoms with Crippen LogP contribution >= 0.6 is 0 Å². The maximum atomic E-state index is 12.3. The van der Waals surface area contributed by atoms with Crippen LogP contribution in [0.1, 0.15) is 15.9 Å². The van der Waals surface area contributed by atoms with Crippen LogP contribution in [0.5, 0.6) is 5.88 Å². The summed E-state index contributed by atoms with van der Waals surface area (Å²) in [6, 6.07) is 20.8. The van der Waals surface area contributed by atoms with E-state index in [1.165, 1.54) is 6.21 Å². The van der Waals surface area contributed by atoms with Crippen LogP contribution in [-0.2, 0) is 0 Å². The highest BCUT2D eigenvalue weighted by Crippen LogP contribution is 2.20. The van der Waals surface area contributed by atoms with Crippen LogP contribution < -0.4 is 10.2 Å². The first-order valence-electron chi connectivity index (χ1n) is 8.75. The lowest BCUT2D eigenvalue weighted by atomic mass is 10.1. The number of nitrogens with zero attached hydrogens (tertiary/aromatic N) is 3. The quantitative estimate of drug-likeness (QED) is 0.429. The fourth-order valence-electron chi connectivity index (χ4n) is 2.89. The van der Waals surface area contributed by atoms with Crippen LogP contribution in [0, 0.1) is 0 Å². The minimum Gasteiger partial charge on any atom is -0.481 e. The Hall–Kier alpha value is -3.93. The van der Waals surface area contributed by atoms with Crippen LogP contribution in [0.3, 0.4) is 0 Å². The van der Waals surface area contributed by atoms with E-state index in [0.29, 0.717) is 17.0 Å². The van der Waals surface area contributed by atoms with Gasteiger partial charge in [-0.05, 0) is 48.5 Å². The average molecular weight is 370 g/mol. The number of carbonyl (C=O) groups is 1. The summed E-state index contributed by atoms with van der Waals surface area (Å²) in [6.45, 7) is 0. The lowest BCUT2D eigenvalue weighted by Crippen LogP contribution is -2.17. The number of ether oxygens (including phenoxy) is 1. The fourth-order valence-corrected chi connectivity index (χ4v) is 2.89. The molecule has 0 unspecified atom stereocenters. The molecule has 0 radical (unpaired) electrons. The highest BCUT2D eigenvalue weighted by molar-refractivity contribution is 5.96. The number of hydrogen-bond acceptors (Lipinski definition) is 4. The number of para-hydroxylation sites is 1. The van der Waals surface area contributed by atoms with E-state index in [1.807, 2.05) is 71.6 Å². The molecular weight excluding hydrogens is 352 g/mol. The molecule has 6 nitrogen and oxygen atoms in total. The Bertz CT molecular complexity index is 1130. The second kappa shape index (κ2) is 7.75. The molecule has 1 amide bonds. The number of amides is 1. The van der Waals surface area contributed by atoms with E-state index < -0.39 is 0 Å². The van der Waals surface area contributed by atoms with E-state index in [1.54, 1.807) is 19.2 Å². The summed E-state index contributed by atoms with van der Waals surface area (Å²) in [5, 5.41) is 5.03. The molecule has 2 aromatic carbocycles. The summed E-state index contributed by atoms with van der Waals surface area (Å²) >= 11 is 0. The summed E-state index contributed by atoms with van der Waals surface area (Å²) in [7, 11) is 1.55. The Kier molecular flexibility index (Phi) is 4.84. The second-order valence-electron chi connectivity index (χ2n) is 6.12. The van der Waals surface area contributed by atoms with Gasteiger partial charge in [0.2, 0.25) is 5.88 Å². The van der Waals surface area contributed by atoms with Gasteiger partial charge in [-0.3, -0.25) is 4.79 Å². The van der Waals surface area contributed by atoms with Crippen LogP contribution in [0.4, 0.5) is 0 Å². The molecular formula is C22H18N4O2. The number of benzene rings is 2. The van der Waals surface area contributed by atoms with Gasteiger partial charge in [0.15, 0.2) is 0 Å². The van der Waals surface area contributed by atoms with Gasteiger partial charge in [0.05, 0.1) is 24.4 Å². The van der Waals surface area contributed by atoms with Gasteiger partial charge < -0.3 is 9.30 Å². The monoisotopic (exact) mass is 370 g/mol. The third-order valence-corrected chi connectivity index (χ3v) is 4.31. The van der Waals surface area contributed by atoms with Crippen molar-refractivity contribution in [2.75, 3.05) is 7.11 Å². The molecule has 0 fully saturated rings. The van der Waals surface area contributed by atoms with Crippen LogP contribution in [0.15, 0.2) is 84.2 Å². The molecule has 0 saturated carbocycles. The van der Waals surface area contributed by atoms with Crippen molar-refractivity contribution in [1.29, 1.82) is 0 Å². The van der Waals surface area contributed by atoms with Crippen molar-refractivity contribution in [2.45, 2.75) is 0 Å². The van der Waals surface area contributed by atoms with Gasteiger partial charge in [-0.1, -0.05) is 18.2 Å². The predicted molar refractivity (Wildman–Crippen MR) is 109 cm³/mol. The van der Waals surface area contributed by atoms with Gasteiger partial charge in [0.1, 0.15) is 0 Å². The Morgan fingerprint density at radius 1 is 1.07 bits per heavy atom. The van der Waals surface area contributed by atoms with E-state index in [0.717, 1.165) is 16.6 Å². The van der Waals surface area contributed by atoms with Gasteiger partial charge >= 0.3 is 0 Å². The zero-order valence-electron chi connectivity index (χ0n) is 15.2. The molecule has 6 heteroatoms. The molecule has 0 spiro atoms. The summed E-state index contributed by atoms with van der Waals surface area (Å²) < 4.78 is 7.30. The van der Waals surface area contributed by atoms with Gasteiger partial charge in [0.25, 0.3) is 5.91 Å². The highest BCUT2D eigenvalue weighted by Gasteiger charge is 2.07. The summed E-state index contributed by atoms with van der Waals surface area (Å²) in [6.07, 6.45) is 5.43. The number of fused-ring (bicyclic) bond motifs is 1. The summed E-state index contributed by atoms with van der Waals surface area (Å²) in [4.78, 5) is 16.8. The molecule has 0 aliphatic rings. The van der Waals surface area contributed by atoms with E-state index in [2.05, 4.69) is 15.5 Å². The Morgan fingerprint density at radius 2 is 1.82 bits per heavy atom. The lowest BCUT2D eigenvalue weighted by molar-refractivity contribution is 0.0955. The molecule has 2 heterocycles. The standard InChI is InChI=1S/C22H18N4O2/c1-28-22-18(14-17-6-2-3-7-20(17)24-22)15-23-25-21(27)16-8-10-19(11-9-16)26-12-4-5-13-26/h2-15H,1H3,(H,25,27)/b23-15+. The van der Waals surface area contributed by atoms with E-state index in [4.69, 9.17) is 4.74 Å². The molecule has 2 aromatic heterocycles. The number of methoxy groups -OCH3 is 1. The van der Waals surface area contributed by atoms with Crippen molar-refractivity contribution in [2.24, 2.45) is 5.10 Å². The zero-order valence-corrected chi connectivity index (χ0v) is 15.2. The SMILES string of the molecule is COc1nc2ccccc2cc1/C=N/NC(=O)c1ccc(-n2cccc2)cc1. The molecule has 4 rings (SSSR count). The van der Waals surface area contributed by atoms with Crippen molar-refractivity contribution in [1.82, 2.24) is 15.0 Å². The van der Waals surface area contributed by atoms with Crippen molar-refractivity contribution >= 4 is 23.0 Å². The van der Waals surface area contributed by atoms with Gasteiger partial charge in [-0.25, -0.2) is 10.4 Å². The summed E-state index contributed by atoms with van der Waals surface area (Å²) in [5.41, 5.74) is 5.57. The second-order valence-corrected chi connectivity index (χ2v) is 6.12. The Balaban J connectivity index is 1.48. The molecule has 4 aromatic rings. The van der Waals surface area contributed by atoms with Crippen molar-refractivity contribution in [3.63, 3.8) is 0 Å². The van der Waals surface area contributed by atoms with E-state index >= 15 is 0 Å². The fraction of sp³-hybridized carbons (Fsp3) is 0.0455. The highest BCUT2D eigenvalue weighted by atomic mass is 16.5.